The second-order valence-electron chi connectivity index (χ2n) is 10.8. The molecule has 0 aliphatic carbocycles. The largest absolute Gasteiger partial charge is 0.480 e. The number of ketones is 1. The van der Waals surface area contributed by atoms with E-state index < -0.39 is 59.9 Å². The second kappa shape index (κ2) is 17.5. The van der Waals surface area contributed by atoms with Crippen LogP contribution in [0.1, 0.15) is 117 Å². The number of unbranched alkanes of at least 4 members (excludes halogenated alkanes) is 11. The summed E-state index contributed by atoms with van der Waals surface area (Å²) in [5, 5.41) is 63.6. The van der Waals surface area contributed by atoms with Crippen LogP contribution >= 0.6 is 0 Å². The lowest BCUT2D eigenvalue weighted by atomic mass is 9.66. The number of carboxylic acid groups (broad SMARTS) is 1. The number of carbonyl (C=O) groups excluding carboxylic acids is 1. The van der Waals surface area contributed by atoms with Crippen molar-refractivity contribution in [3.63, 3.8) is 0 Å². The van der Waals surface area contributed by atoms with Crippen LogP contribution in [0.2, 0.25) is 0 Å². The molecule has 0 amide bonds. The minimum Gasteiger partial charge on any atom is -0.480 e. The quantitative estimate of drug-likeness (QED) is 0.102. The SMILES string of the molecule is CCCCCCCCCC(O)C(C(=O)O)(C(=O)C(O)CCCCCCCC)[C@@H]1O[C@@H](C)[C@H](O)[C@@H](O)[C@H]1O. The summed E-state index contributed by atoms with van der Waals surface area (Å²) < 4.78 is 5.61. The number of hydrogen-bond acceptors (Lipinski definition) is 8. The van der Waals surface area contributed by atoms with Gasteiger partial charge in [-0.2, -0.15) is 0 Å². The molecule has 8 atom stereocenters. The van der Waals surface area contributed by atoms with Crippen LogP contribution in [0.5, 0.6) is 0 Å². The van der Waals surface area contributed by atoms with Crippen molar-refractivity contribution in [1.29, 1.82) is 0 Å². The Hall–Kier alpha value is -1.10. The van der Waals surface area contributed by atoms with E-state index in [2.05, 4.69) is 13.8 Å². The van der Waals surface area contributed by atoms with Gasteiger partial charge in [-0.3, -0.25) is 9.59 Å². The molecule has 0 aromatic carbocycles. The molecule has 1 aliphatic heterocycles. The van der Waals surface area contributed by atoms with Gasteiger partial charge in [0.25, 0.3) is 0 Å². The summed E-state index contributed by atoms with van der Waals surface area (Å²) in [4.78, 5) is 26.4. The van der Waals surface area contributed by atoms with E-state index in [4.69, 9.17) is 4.74 Å². The Morgan fingerprint density at radius 2 is 1.19 bits per heavy atom. The predicted molar refractivity (Wildman–Crippen MR) is 140 cm³/mol. The highest BCUT2D eigenvalue weighted by Gasteiger charge is 2.64. The van der Waals surface area contributed by atoms with Crippen LogP contribution in [0.15, 0.2) is 0 Å². The molecule has 9 heteroatoms. The first-order valence-electron chi connectivity index (χ1n) is 14.4. The number of rotatable bonds is 20. The van der Waals surface area contributed by atoms with Gasteiger partial charge >= 0.3 is 5.97 Å². The van der Waals surface area contributed by atoms with Gasteiger partial charge in [0.1, 0.15) is 30.5 Å². The standard InChI is InChI=1S/C28H52O9/c1-4-6-8-10-12-14-16-18-21(30)28(27(35)36,26-24(33)23(32)22(31)19(3)37-26)25(34)20(29)17-15-13-11-9-7-5-2/h19-24,26,29-33H,4-18H2,1-3H3,(H,35,36)/t19-,20?,21?,22-,23+,24+,26+,28?/m0/s1. The molecule has 6 N–H and O–H groups in total. The molecule has 3 unspecified atom stereocenters. The molecular weight excluding hydrogens is 480 g/mol. The topological polar surface area (TPSA) is 165 Å². The molecule has 0 aromatic rings. The first-order chi connectivity index (χ1) is 17.6. The summed E-state index contributed by atoms with van der Waals surface area (Å²) in [7, 11) is 0. The van der Waals surface area contributed by atoms with Gasteiger partial charge in [0.05, 0.1) is 12.2 Å². The van der Waals surface area contributed by atoms with Crippen molar-refractivity contribution in [3.8, 4) is 0 Å². The highest BCUT2D eigenvalue weighted by atomic mass is 16.5. The normalized spacial score (nSPS) is 27.4. The fraction of sp³-hybridized carbons (Fsp3) is 0.929. The van der Waals surface area contributed by atoms with Crippen LogP contribution in [0, 0.1) is 5.41 Å². The Kier molecular flexibility index (Phi) is 16.0. The van der Waals surface area contributed by atoms with Crippen molar-refractivity contribution in [2.45, 2.75) is 160 Å². The molecule has 1 saturated heterocycles. The molecule has 0 bridgehead atoms. The molecule has 0 aromatic heterocycles. The molecule has 37 heavy (non-hydrogen) atoms. The van der Waals surface area contributed by atoms with E-state index in [9.17, 15) is 40.2 Å². The zero-order valence-corrected chi connectivity index (χ0v) is 23.1. The fourth-order valence-electron chi connectivity index (χ4n) is 5.34. The summed E-state index contributed by atoms with van der Waals surface area (Å²) in [5.74, 6) is -2.86. The predicted octanol–water partition coefficient (Wildman–Crippen LogP) is 3.11. The number of carbonyl (C=O) groups is 2. The summed E-state index contributed by atoms with van der Waals surface area (Å²) in [6, 6.07) is 0. The van der Waals surface area contributed by atoms with Gasteiger partial charge in [-0.05, 0) is 19.8 Å². The lowest BCUT2D eigenvalue weighted by Gasteiger charge is -2.48. The van der Waals surface area contributed by atoms with E-state index in [0.29, 0.717) is 12.8 Å². The molecule has 0 saturated carbocycles. The van der Waals surface area contributed by atoms with Crippen LogP contribution < -0.4 is 0 Å². The average molecular weight is 533 g/mol. The van der Waals surface area contributed by atoms with Crippen LogP contribution in [0.25, 0.3) is 0 Å². The van der Waals surface area contributed by atoms with Crippen molar-refractivity contribution in [2.24, 2.45) is 5.41 Å². The fourth-order valence-corrected chi connectivity index (χ4v) is 5.34. The second-order valence-corrected chi connectivity index (χ2v) is 10.8. The highest BCUT2D eigenvalue weighted by molar-refractivity contribution is 6.06. The number of aliphatic hydroxyl groups excluding tert-OH is 5. The van der Waals surface area contributed by atoms with Gasteiger partial charge in [-0.1, -0.05) is 97.3 Å². The van der Waals surface area contributed by atoms with Gasteiger partial charge in [-0.15, -0.1) is 0 Å². The van der Waals surface area contributed by atoms with Crippen LogP contribution in [-0.4, -0.2) is 85.1 Å². The molecular formula is C28H52O9. The third kappa shape index (κ3) is 9.25. The minimum atomic E-state index is -2.70. The van der Waals surface area contributed by atoms with E-state index in [1.165, 1.54) is 6.92 Å². The third-order valence-electron chi connectivity index (χ3n) is 7.80. The third-order valence-corrected chi connectivity index (χ3v) is 7.80. The molecule has 1 rings (SSSR count). The molecule has 1 heterocycles. The Morgan fingerprint density at radius 3 is 1.68 bits per heavy atom. The lowest BCUT2D eigenvalue weighted by Crippen LogP contribution is -2.69. The summed E-state index contributed by atoms with van der Waals surface area (Å²) in [6.07, 6.45) is 0.270. The maximum Gasteiger partial charge on any atom is 0.322 e. The van der Waals surface area contributed by atoms with Crippen molar-refractivity contribution in [1.82, 2.24) is 0 Å². The van der Waals surface area contributed by atoms with Crippen LogP contribution in [-0.2, 0) is 14.3 Å². The van der Waals surface area contributed by atoms with E-state index >= 15 is 0 Å². The molecule has 0 spiro atoms. The Morgan fingerprint density at radius 1 is 0.730 bits per heavy atom. The molecule has 1 aliphatic rings. The first kappa shape index (κ1) is 33.9. The molecule has 9 nitrogen and oxygen atoms in total. The lowest BCUT2D eigenvalue weighted by molar-refractivity contribution is -0.257. The number of hydrogen-bond donors (Lipinski definition) is 6. The smallest absolute Gasteiger partial charge is 0.322 e. The maximum absolute atomic E-state index is 13.6. The van der Waals surface area contributed by atoms with Gasteiger partial charge in [-0.25, -0.2) is 0 Å². The van der Waals surface area contributed by atoms with Gasteiger partial charge in [0.15, 0.2) is 11.2 Å². The number of ether oxygens (including phenoxy) is 1. The minimum absolute atomic E-state index is 0.0215. The summed E-state index contributed by atoms with van der Waals surface area (Å²) >= 11 is 0. The van der Waals surface area contributed by atoms with Crippen LogP contribution in [0.4, 0.5) is 0 Å². The van der Waals surface area contributed by atoms with Crippen molar-refractivity contribution < 1.29 is 45.0 Å². The molecule has 0 radical (unpaired) electrons. The molecule has 218 valence electrons. The number of carboxylic acids is 1. The van der Waals surface area contributed by atoms with Gasteiger partial charge in [0, 0.05) is 0 Å². The highest BCUT2D eigenvalue weighted by Crippen LogP contribution is 2.41. The summed E-state index contributed by atoms with van der Waals surface area (Å²) in [5.41, 5.74) is -2.70. The number of aliphatic carboxylic acids is 1. The maximum atomic E-state index is 13.6. The van der Waals surface area contributed by atoms with Gasteiger partial charge < -0.3 is 35.4 Å². The van der Waals surface area contributed by atoms with Crippen molar-refractivity contribution >= 4 is 11.8 Å². The number of aliphatic hydroxyl groups is 5. The monoisotopic (exact) mass is 532 g/mol. The first-order valence-corrected chi connectivity index (χ1v) is 14.4. The zero-order valence-electron chi connectivity index (χ0n) is 23.1. The van der Waals surface area contributed by atoms with E-state index in [1.807, 2.05) is 0 Å². The summed E-state index contributed by atoms with van der Waals surface area (Å²) in [6.45, 7) is 5.61. The Labute approximate surface area is 222 Å². The van der Waals surface area contributed by atoms with E-state index in [1.54, 1.807) is 0 Å². The van der Waals surface area contributed by atoms with Crippen molar-refractivity contribution in [2.75, 3.05) is 0 Å². The average Bonchev–Trinajstić information content (AvgIpc) is 2.87. The number of Topliss-reactive ketones (excluding diaryl/α,β-unsaturated/α-hetero) is 1. The van der Waals surface area contributed by atoms with Crippen LogP contribution in [0.3, 0.4) is 0 Å². The van der Waals surface area contributed by atoms with E-state index in [-0.39, 0.29) is 12.8 Å². The van der Waals surface area contributed by atoms with E-state index in [0.717, 1.165) is 70.6 Å². The van der Waals surface area contributed by atoms with Gasteiger partial charge in [0.2, 0.25) is 0 Å². The molecule has 1 fully saturated rings. The van der Waals surface area contributed by atoms with Crippen molar-refractivity contribution in [3.05, 3.63) is 0 Å². The Bertz CT molecular complexity index is 658. The Balaban J connectivity index is 3.11. The zero-order chi connectivity index (χ0) is 28.0.